The van der Waals surface area contributed by atoms with Gasteiger partial charge in [0.2, 0.25) is 0 Å². The summed E-state index contributed by atoms with van der Waals surface area (Å²) in [6.45, 7) is 9.00. The largest absolute Gasteiger partial charge is 0.380 e. The number of fused-ring (bicyclic) bond motifs is 1. The number of methoxy groups -OCH3 is 1. The van der Waals surface area contributed by atoms with Crippen molar-refractivity contribution in [3.05, 3.63) is 12.5 Å². The van der Waals surface area contributed by atoms with Crippen LogP contribution in [0.5, 0.6) is 0 Å². The lowest BCUT2D eigenvalue weighted by atomic mass is 10.1. The Balaban J connectivity index is 2.34. The summed E-state index contributed by atoms with van der Waals surface area (Å²) in [6, 6.07) is 0. The van der Waals surface area contributed by atoms with Crippen LogP contribution in [-0.2, 0) is 10.3 Å². The van der Waals surface area contributed by atoms with Crippen molar-refractivity contribution in [2.45, 2.75) is 39.3 Å². The maximum atomic E-state index is 5.22. The van der Waals surface area contributed by atoms with Gasteiger partial charge in [0.25, 0.3) is 0 Å². The smallest absolute Gasteiger partial charge is 0.163 e. The summed E-state index contributed by atoms with van der Waals surface area (Å²) in [6.07, 6.45) is 3.49. The molecule has 0 spiro atoms. The molecule has 1 atom stereocenters. The normalized spacial score (nSPS) is 13.7. The van der Waals surface area contributed by atoms with Crippen LogP contribution in [0.2, 0.25) is 0 Å². The Kier molecular flexibility index (Phi) is 3.71. The molecule has 2 heterocycles. The molecular weight excluding hydrogens is 242 g/mol. The highest BCUT2D eigenvalue weighted by atomic mass is 16.5. The first-order valence-corrected chi connectivity index (χ1v) is 6.39. The van der Waals surface area contributed by atoms with Crippen LogP contribution < -0.4 is 5.32 Å². The van der Waals surface area contributed by atoms with E-state index in [1.807, 2.05) is 11.6 Å². The fourth-order valence-electron chi connectivity index (χ4n) is 1.80. The number of anilines is 1. The molecule has 6 nitrogen and oxygen atoms in total. The first kappa shape index (κ1) is 13.7. The van der Waals surface area contributed by atoms with Crippen molar-refractivity contribution in [1.82, 2.24) is 19.7 Å². The third-order valence-corrected chi connectivity index (χ3v) is 2.96. The van der Waals surface area contributed by atoms with Crippen LogP contribution in [-0.4, -0.2) is 39.5 Å². The van der Waals surface area contributed by atoms with E-state index < -0.39 is 0 Å². The summed E-state index contributed by atoms with van der Waals surface area (Å²) in [4.78, 5) is 8.61. The molecular formula is C13H21N5O. The maximum absolute atomic E-state index is 5.22. The van der Waals surface area contributed by atoms with Gasteiger partial charge in [0.05, 0.1) is 23.2 Å². The highest BCUT2D eigenvalue weighted by molar-refractivity contribution is 5.86. The number of aromatic nitrogens is 4. The highest BCUT2D eigenvalue weighted by Crippen LogP contribution is 2.23. The molecule has 0 aliphatic carbocycles. The Morgan fingerprint density at radius 2 is 2.11 bits per heavy atom. The molecule has 1 N–H and O–H groups in total. The van der Waals surface area contributed by atoms with E-state index in [4.69, 9.17) is 4.74 Å². The fourth-order valence-corrected chi connectivity index (χ4v) is 1.80. The Morgan fingerprint density at radius 3 is 2.74 bits per heavy atom. The second-order valence-electron chi connectivity index (χ2n) is 5.61. The molecule has 2 aromatic rings. The van der Waals surface area contributed by atoms with Gasteiger partial charge in [0, 0.05) is 13.7 Å². The van der Waals surface area contributed by atoms with E-state index in [0.29, 0.717) is 6.54 Å². The zero-order valence-corrected chi connectivity index (χ0v) is 12.1. The molecule has 0 saturated carbocycles. The Labute approximate surface area is 113 Å². The Hall–Kier alpha value is -1.69. The van der Waals surface area contributed by atoms with E-state index in [2.05, 4.69) is 41.2 Å². The van der Waals surface area contributed by atoms with Crippen LogP contribution in [0.1, 0.15) is 27.7 Å². The zero-order chi connectivity index (χ0) is 14.0. The number of nitrogens with one attached hydrogen (secondary N) is 1. The van der Waals surface area contributed by atoms with E-state index in [1.165, 1.54) is 0 Å². The molecule has 0 aromatic carbocycles. The molecule has 0 radical (unpaired) electrons. The van der Waals surface area contributed by atoms with Crippen molar-refractivity contribution >= 4 is 16.9 Å². The topological polar surface area (TPSA) is 64.9 Å². The van der Waals surface area contributed by atoms with Crippen molar-refractivity contribution in [2.75, 3.05) is 19.0 Å². The third kappa shape index (κ3) is 2.84. The quantitative estimate of drug-likeness (QED) is 0.914. The lowest BCUT2D eigenvalue weighted by molar-refractivity contribution is 0.128. The van der Waals surface area contributed by atoms with Crippen molar-refractivity contribution in [3.8, 4) is 0 Å². The molecule has 0 aliphatic heterocycles. The van der Waals surface area contributed by atoms with Gasteiger partial charge in [0.15, 0.2) is 5.65 Å². The summed E-state index contributed by atoms with van der Waals surface area (Å²) >= 11 is 0. The summed E-state index contributed by atoms with van der Waals surface area (Å²) in [5, 5.41) is 8.62. The minimum atomic E-state index is -0.104. The molecule has 2 aromatic heterocycles. The summed E-state index contributed by atoms with van der Waals surface area (Å²) in [7, 11) is 1.69. The molecule has 104 valence electrons. The van der Waals surface area contributed by atoms with E-state index >= 15 is 0 Å². The molecule has 1 unspecified atom stereocenters. The average Bonchev–Trinajstić information content (AvgIpc) is 2.79. The second-order valence-corrected chi connectivity index (χ2v) is 5.61. The molecule has 0 fully saturated rings. The van der Waals surface area contributed by atoms with Crippen LogP contribution >= 0.6 is 0 Å². The Bertz CT molecular complexity index is 558. The number of hydrogen-bond acceptors (Lipinski definition) is 5. The predicted octanol–water partition coefficient (Wildman–Crippen LogP) is 2.03. The summed E-state index contributed by atoms with van der Waals surface area (Å²) < 4.78 is 7.13. The van der Waals surface area contributed by atoms with Gasteiger partial charge in [-0.1, -0.05) is 0 Å². The van der Waals surface area contributed by atoms with Crippen molar-refractivity contribution < 1.29 is 4.74 Å². The van der Waals surface area contributed by atoms with Gasteiger partial charge >= 0.3 is 0 Å². The summed E-state index contributed by atoms with van der Waals surface area (Å²) in [5.74, 6) is 0.796. The lowest BCUT2D eigenvalue weighted by Gasteiger charge is -2.19. The second kappa shape index (κ2) is 5.13. The van der Waals surface area contributed by atoms with E-state index in [-0.39, 0.29) is 11.6 Å². The van der Waals surface area contributed by atoms with Crippen molar-refractivity contribution in [3.63, 3.8) is 0 Å². The summed E-state index contributed by atoms with van der Waals surface area (Å²) in [5.41, 5.74) is 0.739. The van der Waals surface area contributed by atoms with Crippen LogP contribution in [0.4, 0.5) is 5.82 Å². The van der Waals surface area contributed by atoms with Gasteiger partial charge in [-0.2, -0.15) is 5.10 Å². The molecule has 0 bridgehead atoms. The zero-order valence-electron chi connectivity index (χ0n) is 12.1. The number of hydrogen-bond donors (Lipinski definition) is 1. The maximum Gasteiger partial charge on any atom is 0.163 e. The van der Waals surface area contributed by atoms with E-state index in [9.17, 15) is 0 Å². The molecule has 0 amide bonds. The first-order valence-electron chi connectivity index (χ1n) is 6.39. The van der Waals surface area contributed by atoms with Crippen molar-refractivity contribution in [1.29, 1.82) is 0 Å². The highest BCUT2D eigenvalue weighted by Gasteiger charge is 2.19. The average molecular weight is 263 g/mol. The SMILES string of the molecule is COC(C)CNc1ncnc2c1cnn2C(C)(C)C. The monoisotopic (exact) mass is 263 g/mol. The van der Waals surface area contributed by atoms with Crippen LogP contribution in [0.3, 0.4) is 0 Å². The molecule has 0 saturated heterocycles. The van der Waals surface area contributed by atoms with Gasteiger partial charge in [-0.3, -0.25) is 0 Å². The first-order chi connectivity index (χ1) is 8.93. The molecule has 19 heavy (non-hydrogen) atoms. The van der Waals surface area contributed by atoms with Crippen LogP contribution in [0.25, 0.3) is 11.0 Å². The minimum Gasteiger partial charge on any atom is -0.380 e. The predicted molar refractivity (Wildman–Crippen MR) is 75.3 cm³/mol. The molecule has 2 rings (SSSR count). The lowest BCUT2D eigenvalue weighted by Crippen LogP contribution is -2.23. The van der Waals surface area contributed by atoms with Gasteiger partial charge in [0.1, 0.15) is 12.1 Å². The van der Waals surface area contributed by atoms with Crippen LogP contribution in [0, 0.1) is 0 Å². The van der Waals surface area contributed by atoms with E-state index in [0.717, 1.165) is 16.9 Å². The standard InChI is InChI=1S/C13H21N5O/c1-9(19-5)6-14-11-10-7-17-18(13(2,3)4)12(10)16-8-15-11/h7-9H,6H2,1-5H3,(H,14,15,16). The number of rotatable bonds is 4. The molecule has 0 aliphatic rings. The van der Waals surface area contributed by atoms with Gasteiger partial charge in [-0.05, 0) is 27.7 Å². The van der Waals surface area contributed by atoms with Crippen molar-refractivity contribution in [2.24, 2.45) is 0 Å². The third-order valence-electron chi connectivity index (χ3n) is 2.96. The molecule has 6 heteroatoms. The van der Waals surface area contributed by atoms with Crippen LogP contribution in [0.15, 0.2) is 12.5 Å². The number of ether oxygens (including phenoxy) is 1. The van der Waals surface area contributed by atoms with Gasteiger partial charge in [-0.15, -0.1) is 0 Å². The van der Waals surface area contributed by atoms with Gasteiger partial charge in [-0.25, -0.2) is 14.6 Å². The minimum absolute atomic E-state index is 0.104. The fraction of sp³-hybridized carbons (Fsp3) is 0.615. The Morgan fingerprint density at radius 1 is 1.37 bits per heavy atom. The van der Waals surface area contributed by atoms with E-state index in [1.54, 1.807) is 19.6 Å². The van der Waals surface area contributed by atoms with Gasteiger partial charge < -0.3 is 10.1 Å². The number of nitrogens with zero attached hydrogens (tertiary/aromatic N) is 4.